The number of likely N-dealkylation sites (N-methyl/N-ethyl adjacent to an activating group) is 1. The molecular formula is C40H64N6O12. The molecule has 1 aromatic carbocycles. The minimum Gasteiger partial charge on any atom is -0.480 e. The number of nitrogens with zero attached hydrogens (tertiary/aromatic N) is 3. The second-order valence-corrected chi connectivity index (χ2v) is 14.4. The van der Waals surface area contributed by atoms with Crippen molar-refractivity contribution < 1.29 is 57.6 Å². The maximum Gasteiger partial charge on any atom is 0.320 e. The predicted octanol–water partition coefficient (Wildman–Crippen LogP) is 1.33. The number of benzene rings is 1. The summed E-state index contributed by atoms with van der Waals surface area (Å²) in [4.78, 5) is 92.0. The zero-order chi connectivity index (χ0) is 43.0. The molecule has 2 rings (SSSR count). The molecule has 0 bridgehead atoms. The second kappa shape index (κ2) is 27.1. The molecule has 0 aromatic heterocycles. The second-order valence-electron chi connectivity index (χ2n) is 14.4. The number of carboxylic acid groups (broad SMARTS) is 1. The van der Waals surface area contributed by atoms with E-state index in [1.807, 2.05) is 28.9 Å². The van der Waals surface area contributed by atoms with Crippen LogP contribution in [0.25, 0.3) is 0 Å². The number of unbranched alkanes of at least 4 members (excludes halogenated alkanes) is 1. The first-order chi connectivity index (χ1) is 27.7. The molecule has 18 heteroatoms. The Kier molecular flexibility index (Phi) is 23.1. The van der Waals surface area contributed by atoms with Crippen LogP contribution in [-0.4, -0.2) is 160 Å². The number of rotatable bonds is 27. The van der Waals surface area contributed by atoms with Crippen LogP contribution in [0.1, 0.15) is 76.7 Å². The van der Waals surface area contributed by atoms with E-state index in [9.17, 15) is 33.6 Å². The Bertz CT molecular complexity index is 1460. The van der Waals surface area contributed by atoms with Gasteiger partial charge in [0.05, 0.1) is 54.6 Å². The highest BCUT2D eigenvalue weighted by atomic mass is 16.5. The molecule has 1 aliphatic rings. The number of ether oxygens (including phenoxy) is 4. The number of amides is 2. The smallest absolute Gasteiger partial charge is 0.320 e. The summed E-state index contributed by atoms with van der Waals surface area (Å²) in [7, 11) is 5.21. The summed E-state index contributed by atoms with van der Waals surface area (Å²) in [5.41, 5.74) is 6.97. The van der Waals surface area contributed by atoms with Gasteiger partial charge in [0.2, 0.25) is 11.8 Å². The van der Waals surface area contributed by atoms with Gasteiger partial charge in [0, 0.05) is 49.7 Å². The summed E-state index contributed by atoms with van der Waals surface area (Å²) in [6.45, 7) is 2.81. The number of carboxylic acids is 1. The molecular weight excluding hydrogens is 756 g/mol. The number of aliphatic carboxylic acids is 1. The van der Waals surface area contributed by atoms with Crippen LogP contribution in [0.2, 0.25) is 0 Å². The van der Waals surface area contributed by atoms with Gasteiger partial charge in [-0.2, -0.15) is 0 Å². The average molecular weight is 821 g/mol. The molecule has 0 spiro atoms. The molecule has 0 radical (unpaired) electrons. The van der Waals surface area contributed by atoms with Gasteiger partial charge < -0.3 is 40.4 Å². The summed E-state index contributed by atoms with van der Waals surface area (Å²) in [6, 6.07) is 5.55. The van der Waals surface area contributed by atoms with Crippen molar-refractivity contribution in [2.45, 2.75) is 102 Å². The van der Waals surface area contributed by atoms with Crippen LogP contribution in [0, 0.1) is 0 Å². The first-order valence-electron chi connectivity index (χ1n) is 19.9. The van der Waals surface area contributed by atoms with Crippen LogP contribution in [-0.2, 0) is 58.9 Å². The first kappa shape index (κ1) is 49.5. The molecule has 4 atom stereocenters. The van der Waals surface area contributed by atoms with Gasteiger partial charge in [-0.05, 0) is 69.2 Å². The summed E-state index contributed by atoms with van der Waals surface area (Å²) in [5, 5.41) is 14.5. The summed E-state index contributed by atoms with van der Waals surface area (Å²) >= 11 is 0. The lowest BCUT2D eigenvalue weighted by atomic mass is 9.87. The number of methoxy groups -OCH3 is 4. The standard InChI is InChI=1S/C40H64N6O12/c1-6-44(24-36(49)55-2)30(23-45(25-37(50)56-3)32-13-7-8-14-33(32)46(26-38(51)57-4)27-39(52)58-5)22-28-17-19-29(20-18-28)43-35(48)16-11-15-34(47)42-21-10-9-12-31(41)40(53)54/h17-20,30-33H,6-16,21-27,41H2,1-5H3,(H,42,47)(H,43,48)(H,53,54)/t30-,31?,32+,33+/m1/s1. The number of anilines is 1. The highest BCUT2D eigenvalue weighted by molar-refractivity contribution is 5.91. The molecule has 1 saturated carbocycles. The minimum atomic E-state index is -1.05. The fraction of sp³-hybridized carbons (Fsp3) is 0.675. The third-order valence-corrected chi connectivity index (χ3v) is 10.3. The van der Waals surface area contributed by atoms with Gasteiger partial charge >= 0.3 is 29.8 Å². The quantitative estimate of drug-likeness (QED) is 0.0557. The molecule has 326 valence electrons. The van der Waals surface area contributed by atoms with E-state index in [2.05, 4.69) is 10.6 Å². The van der Waals surface area contributed by atoms with E-state index in [1.54, 1.807) is 17.0 Å². The van der Waals surface area contributed by atoms with Crippen molar-refractivity contribution >= 4 is 47.3 Å². The molecule has 58 heavy (non-hydrogen) atoms. The molecule has 0 saturated heterocycles. The number of nitrogens with one attached hydrogen (secondary N) is 2. The van der Waals surface area contributed by atoms with Crippen LogP contribution >= 0.6 is 0 Å². The highest BCUT2D eigenvalue weighted by Crippen LogP contribution is 2.29. The van der Waals surface area contributed by atoms with Crippen LogP contribution < -0.4 is 16.4 Å². The number of hydrogen-bond acceptors (Lipinski definition) is 15. The topological polar surface area (TPSA) is 236 Å². The van der Waals surface area contributed by atoms with Gasteiger partial charge in [-0.1, -0.05) is 31.9 Å². The van der Waals surface area contributed by atoms with Crippen molar-refractivity contribution in [1.29, 1.82) is 0 Å². The van der Waals surface area contributed by atoms with Crippen molar-refractivity contribution in [3.05, 3.63) is 29.8 Å². The fourth-order valence-electron chi connectivity index (χ4n) is 7.11. The third kappa shape index (κ3) is 18.3. The number of hydrogen-bond donors (Lipinski definition) is 4. The zero-order valence-electron chi connectivity index (χ0n) is 34.7. The zero-order valence-corrected chi connectivity index (χ0v) is 34.7. The Morgan fingerprint density at radius 3 is 1.79 bits per heavy atom. The first-order valence-corrected chi connectivity index (χ1v) is 19.9. The van der Waals surface area contributed by atoms with Crippen LogP contribution in [0.4, 0.5) is 5.69 Å². The SMILES string of the molecule is CCN(CC(=O)OC)[C@H](Cc1ccc(NC(=O)CCCC(=O)NCCCCC(N)C(=O)O)cc1)CN(CC(=O)OC)[C@H]1CCCC[C@@H]1N(CC(=O)OC)CC(=O)OC. The highest BCUT2D eigenvalue weighted by Gasteiger charge is 2.38. The molecule has 1 aliphatic carbocycles. The van der Waals surface area contributed by atoms with Crippen molar-refractivity contribution in [2.75, 3.05) is 79.6 Å². The van der Waals surface area contributed by atoms with E-state index < -0.39 is 35.9 Å². The lowest BCUT2D eigenvalue weighted by molar-refractivity contribution is -0.150. The average Bonchev–Trinajstić information content (AvgIpc) is 3.21. The number of carbonyl (C=O) groups excluding carboxylic acids is 6. The van der Waals surface area contributed by atoms with E-state index >= 15 is 0 Å². The number of nitrogens with two attached hydrogens (primary N) is 1. The van der Waals surface area contributed by atoms with Gasteiger partial charge in [-0.25, -0.2) is 0 Å². The summed E-state index contributed by atoms with van der Waals surface area (Å²) in [6.07, 6.45) is 5.69. The maximum atomic E-state index is 12.9. The van der Waals surface area contributed by atoms with Gasteiger partial charge in [0.25, 0.3) is 0 Å². The van der Waals surface area contributed by atoms with Crippen molar-refractivity contribution in [2.24, 2.45) is 5.73 Å². The van der Waals surface area contributed by atoms with Crippen LogP contribution in [0.15, 0.2) is 24.3 Å². The summed E-state index contributed by atoms with van der Waals surface area (Å²) in [5.74, 6) is -3.37. The Hall–Kier alpha value is -4.65. The van der Waals surface area contributed by atoms with E-state index in [0.29, 0.717) is 70.3 Å². The molecule has 0 heterocycles. The van der Waals surface area contributed by atoms with Gasteiger partial charge in [0.15, 0.2) is 0 Å². The van der Waals surface area contributed by atoms with Gasteiger partial charge in [-0.15, -0.1) is 0 Å². The van der Waals surface area contributed by atoms with E-state index in [1.165, 1.54) is 28.4 Å². The van der Waals surface area contributed by atoms with E-state index in [-0.39, 0.29) is 69.0 Å². The predicted molar refractivity (Wildman–Crippen MR) is 213 cm³/mol. The van der Waals surface area contributed by atoms with Gasteiger partial charge in [-0.3, -0.25) is 48.3 Å². The Morgan fingerprint density at radius 1 is 0.741 bits per heavy atom. The van der Waals surface area contributed by atoms with E-state index in [0.717, 1.165) is 18.4 Å². The lowest BCUT2D eigenvalue weighted by Gasteiger charge is -2.46. The molecule has 1 unspecified atom stereocenters. The number of esters is 4. The van der Waals surface area contributed by atoms with Crippen molar-refractivity contribution in [3.8, 4) is 0 Å². The molecule has 18 nitrogen and oxygen atoms in total. The largest absolute Gasteiger partial charge is 0.480 e. The lowest BCUT2D eigenvalue weighted by Crippen LogP contribution is -2.59. The summed E-state index contributed by atoms with van der Waals surface area (Å²) < 4.78 is 20.0. The monoisotopic (exact) mass is 820 g/mol. The molecule has 5 N–H and O–H groups in total. The molecule has 1 aromatic rings. The normalized spacial score (nSPS) is 16.3. The van der Waals surface area contributed by atoms with Crippen LogP contribution in [0.5, 0.6) is 0 Å². The fourth-order valence-corrected chi connectivity index (χ4v) is 7.11. The molecule has 1 fully saturated rings. The van der Waals surface area contributed by atoms with E-state index in [4.69, 9.17) is 29.8 Å². The maximum absolute atomic E-state index is 12.9. The molecule has 0 aliphatic heterocycles. The Labute approximate surface area is 341 Å². The van der Waals surface area contributed by atoms with Crippen LogP contribution in [0.3, 0.4) is 0 Å². The van der Waals surface area contributed by atoms with Gasteiger partial charge in [0.1, 0.15) is 6.04 Å². The van der Waals surface area contributed by atoms with Crippen molar-refractivity contribution in [1.82, 2.24) is 20.0 Å². The Balaban J connectivity index is 2.19. The minimum absolute atomic E-state index is 0.00228. The van der Waals surface area contributed by atoms with Crippen molar-refractivity contribution in [3.63, 3.8) is 0 Å². The number of carbonyl (C=O) groups is 7. The Morgan fingerprint density at radius 2 is 1.26 bits per heavy atom. The third-order valence-electron chi connectivity index (χ3n) is 10.3. The molecule has 2 amide bonds.